The van der Waals surface area contributed by atoms with Crippen LogP contribution in [0.4, 0.5) is 24.5 Å². The van der Waals surface area contributed by atoms with Crippen LogP contribution in [0.1, 0.15) is 19.3 Å². The number of rotatable bonds is 8. The van der Waals surface area contributed by atoms with E-state index in [4.69, 9.17) is 15.2 Å². The fraction of sp³-hybridized carbons (Fsp3) is 0.625. The second-order valence-corrected chi connectivity index (χ2v) is 5.81. The number of nitrogen functional groups attached to an aromatic ring is 1. The van der Waals surface area contributed by atoms with Crippen molar-refractivity contribution in [1.29, 1.82) is 0 Å². The normalized spacial score (nSPS) is 15.5. The molecule has 0 bridgehead atoms. The molecular formula is C16H24F3N3O2. The molecule has 0 aliphatic carbocycles. The molecule has 0 saturated carbocycles. The van der Waals surface area contributed by atoms with Gasteiger partial charge in [-0.3, -0.25) is 0 Å². The number of nitrogens with two attached hydrogens (primary N) is 1. The summed E-state index contributed by atoms with van der Waals surface area (Å²) in [4.78, 5) is 2.39. The topological polar surface area (TPSA) is 59.8 Å². The maximum atomic E-state index is 12.3. The van der Waals surface area contributed by atoms with Gasteiger partial charge in [0.15, 0.2) is 11.5 Å². The van der Waals surface area contributed by atoms with Crippen LogP contribution in [0.3, 0.4) is 0 Å². The third-order valence-corrected chi connectivity index (χ3v) is 3.89. The minimum absolute atomic E-state index is 0.175. The number of nitrogens with zero attached hydrogens (tertiary/aromatic N) is 1. The summed E-state index contributed by atoms with van der Waals surface area (Å²) in [5.74, 6) is 0.795. The first-order valence-corrected chi connectivity index (χ1v) is 8.02. The van der Waals surface area contributed by atoms with Gasteiger partial charge in [0.05, 0.1) is 25.1 Å². The number of likely N-dealkylation sites (tertiary alicyclic amines) is 1. The van der Waals surface area contributed by atoms with Crippen molar-refractivity contribution in [1.82, 2.24) is 4.90 Å². The first-order valence-electron chi connectivity index (χ1n) is 8.02. The summed E-state index contributed by atoms with van der Waals surface area (Å²) in [6, 6.07) is 2.92. The van der Waals surface area contributed by atoms with Crippen LogP contribution < -0.4 is 20.5 Å². The number of benzene rings is 1. The Kier molecular flexibility index (Phi) is 6.42. The minimum atomic E-state index is -4.32. The molecule has 3 N–H and O–H groups in total. The Balaban J connectivity index is 1.90. The van der Waals surface area contributed by atoms with Gasteiger partial charge in [-0.05, 0) is 32.4 Å². The predicted octanol–water partition coefficient (Wildman–Crippen LogP) is 3.12. The van der Waals surface area contributed by atoms with Crippen molar-refractivity contribution in [3.8, 4) is 11.5 Å². The van der Waals surface area contributed by atoms with Crippen molar-refractivity contribution in [2.45, 2.75) is 25.4 Å². The van der Waals surface area contributed by atoms with Crippen molar-refractivity contribution in [2.24, 2.45) is 0 Å². The van der Waals surface area contributed by atoms with E-state index in [0.717, 1.165) is 26.1 Å². The molecule has 1 heterocycles. The van der Waals surface area contributed by atoms with E-state index in [-0.39, 0.29) is 11.4 Å². The molecule has 1 aromatic rings. The maximum absolute atomic E-state index is 12.3. The minimum Gasteiger partial charge on any atom is -0.493 e. The summed E-state index contributed by atoms with van der Waals surface area (Å²) in [7, 11) is 1.44. The molecular weight excluding hydrogens is 323 g/mol. The zero-order valence-electron chi connectivity index (χ0n) is 13.8. The molecule has 0 aromatic heterocycles. The Hall–Kier alpha value is -1.83. The van der Waals surface area contributed by atoms with Crippen LogP contribution in [0.15, 0.2) is 12.1 Å². The lowest BCUT2D eigenvalue weighted by atomic mass is 10.2. The fourth-order valence-electron chi connectivity index (χ4n) is 2.67. The Morgan fingerprint density at radius 1 is 1.21 bits per heavy atom. The number of ether oxygens (including phenoxy) is 2. The molecule has 1 aromatic carbocycles. The first kappa shape index (κ1) is 18.5. The molecule has 0 unspecified atom stereocenters. The molecule has 1 saturated heterocycles. The van der Waals surface area contributed by atoms with E-state index in [1.807, 2.05) is 0 Å². The molecule has 1 aliphatic rings. The maximum Gasteiger partial charge on any atom is 0.405 e. The van der Waals surface area contributed by atoms with Crippen LogP contribution in [0, 0.1) is 0 Å². The average Bonchev–Trinajstić information content (AvgIpc) is 3.03. The molecule has 0 spiro atoms. The van der Waals surface area contributed by atoms with Crippen molar-refractivity contribution in [2.75, 3.05) is 50.9 Å². The number of alkyl halides is 3. The highest BCUT2D eigenvalue weighted by atomic mass is 19.4. The quantitative estimate of drug-likeness (QED) is 0.559. The average molecular weight is 347 g/mol. The number of nitrogens with one attached hydrogen (secondary N) is 1. The summed E-state index contributed by atoms with van der Waals surface area (Å²) >= 11 is 0. The van der Waals surface area contributed by atoms with Gasteiger partial charge in [-0.2, -0.15) is 13.2 Å². The van der Waals surface area contributed by atoms with Crippen LogP contribution in [-0.4, -0.2) is 51.0 Å². The van der Waals surface area contributed by atoms with Gasteiger partial charge in [0.1, 0.15) is 6.54 Å². The van der Waals surface area contributed by atoms with E-state index in [2.05, 4.69) is 10.2 Å². The van der Waals surface area contributed by atoms with Crippen LogP contribution in [-0.2, 0) is 0 Å². The Bertz CT molecular complexity index is 532. The van der Waals surface area contributed by atoms with E-state index in [1.165, 1.54) is 32.1 Å². The molecule has 24 heavy (non-hydrogen) atoms. The third kappa shape index (κ3) is 5.67. The van der Waals surface area contributed by atoms with Crippen molar-refractivity contribution >= 4 is 11.4 Å². The number of halogens is 3. The molecule has 8 heteroatoms. The molecule has 5 nitrogen and oxygen atoms in total. The number of hydrogen-bond acceptors (Lipinski definition) is 5. The molecule has 0 amide bonds. The lowest BCUT2D eigenvalue weighted by Gasteiger charge is -2.17. The molecule has 2 rings (SSSR count). The second-order valence-electron chi connectivity index (χ2n) is 5.81. The lowest BCUT2D eigenvalue weighted by Crippen LogP contribution is -2.22. The summed E-state index contributed by atoms with van der Waals surface area (Å²) in [5, 5.41) is 2.27. The summed E-state index contributed by atoms with van der Waals surface area (Å²) in [6.45, 7) is 2.59. The van der Waals surface area contributed by atoms with E-state index < -0.39 is 12.7 Å². The van der Waals surface area contributed by atoms with Gasteiger partial charge in [0.25, 0.3) is 0 Å². The largest absolute Gasteiger partial charge is 0.493 e. The van der Waals surface area contributed by atoms with E-state index in [0.29, 0.717) is 18.1 Å². The Labute approximate surface area is 139 Å². The van der Waals surface area contributed by atoms with Crippen LogP contribution >= 0.6 is 0 Å². The number of anilines is 2. The van der Waals surface area contributed by atoms with Crippen molar-refractivity contribution < 1.29 is 22.6 Å². The van der Waals surface area contributed by atoms with E-state index in [9.17, 15) is 13.2 Å². The van der Waals surface area contributed by atoms with Crippen molar-refractivity contribution in [3.63, 3.8) is 0 Å². The summed E-state index contributed by atoms with van der Waals surface area (Å²) in [5.41, 5.74) is 6.17. The lowest BCUT2D eigenvalue weighted by molar-refractivity contribution is -0.115. The Morgan fingerprint density at radius 3 is 2.54 bits per heavy atom. The van der Waals surface area contributed by atoms with E-state index in [1.54, 1.807) is 0 Å². The molecule has 1 fully saturated rings. The van der Waals surface area contributed by atoms with Crippen molar-refractivity contribution in [3.05, 3.63) is 12.1 Å². The highest BCUT2D eigenvalue weighted by molar-refractivity contribution is 5.72. The smallest absolute Gasteiger partial charge is 0.405 e. The second kappa shape index (κ2) is 8.32. The van der Waals surface area contributed by atoms with Crippen LogP contribution in [0.2, 0.25) is 0 Å². The Morgan fingerprint density at radius 2 is 1.92 bits per heavy atom. The molecule has 0 atom stereocenters. The van der Waals surface area contributed by atoms with Crippen LogP contribution in [0.25, 0.3) is 0 Å². The number of hydrogen-bond donors (Lipinski definition) is 2. The van der Waals surface area contributed by atoms with Gasteiger partial charge in [-0.15, -0.1) is 0 Å². The third-order valence-electron chi connectivity index (χ3n) is 3.89. The molecule has 136 valence electrons. The van der Waals surface area contributed by atoms with Crippen LogP contribution in [0.5, 0.6) is 11.5 Å². The van der Waals surface area contributed by atoms with Gasteiger partial charge in [0.2, 0.25) is 0 Å². The zero-order valence-corrected chi connectivity index (χ0v) is 13.8. The molecule has 1 aliphatic heterocycles. The first-order chi connectivity index (χ1) is 11.4. The van der Waals surface area contributed by atoms with Gasteiger partial charge >= 0.3 is 6.18 Å². The molecule has 0 radical (unpaired) electrons. The summed E-state index contributed by atoms with van der Waals surface area (Å²) in [6.07, 6.45) is -0.948. The van der Waals surface area contributed by atoms with E-state index >= 15 is 0 Å². The number of methoxy groups -OCH3 is 1. The summed E-state index contributed by atoms with van der Waals surface area (Å²) < 4.78 is 47.8. The standard InChI is InChI=1S/C16H24F3N3O2/c1-23-14-10-13(21-11-16(17,18)19)12(20)9-15(14)24-8-4-7-22-5-2-3-6-22/h9-10,21H,2-8,11,20H2,1H3. The van der Waals surface area contributed by atoms with Gasteiger partial charge in [-0.1, -0.05) is 0 Å². The fourth-order valence-corrected chi connectivity index (χ4v) is 2.67. The monoisotopic (exact) mass is 347 g/mol. The predicted molar refractivity (Wildman–Crippen MR) is 87.7 cm³/mol. The van der Waals surface area contributed by atoms with Gasteiger partial charge in [0, 0.05) is 18.7 Å². The van der Waals surface area contributed by atoms with Gasteiger partial charge < -0.3 is 25.4 Å². The highest BCUT2D eigenvalue weighted by Gasteiger charge is 2.27. The zero-order chi connectivity index (χ0) is 17.6. The SMILES string of the molecule is COc1cc(NCC(F)(F)F)c(N)cc1OCCCN1CCCC1. The highest BCUT2D eigenvalue weighted by Crippen LogP contribution is 2.35. The van der Waals surface area contributed by atoms with Gasteiger partial charge in [-0.25, -0.2) is 0 Å².